The zero-order valence-electron chi connectivity index (χ0n) is 39.7. The molecular formula is C57H99. The minimum Gasteiger partial charge on any atom is -0.0654 e. The maximum atomic E-state index is 2.88. The van der Waals surface area contributed by atoms with E-state index in [1.807, 2.05) is 0 Å². The molecule has 2 aromatic carbocycles. The number of benzene rings is 2. The summed E-state index contributed by atoms with van der Waals surface area (Å²) in [5, 5.41) is 0. The molecule has 0 saturated carbocycles. The summed E-state index contributed by atoms with van der Waals surface area (Å²) in [6.07, 6.45) is 52.4. The molecule has 0 aromatic heterocycles. The van der Waals surface area contributed by atoms with Crippen LogP contribution in [0.1, 0.15) is 280 Å². The molecule has 2 atom stereocenters. The lowest BCUT2D eigenvalue weighted by atomic mass is 9.79. The van der Waals surface area contributed by atoms with Crippen molar-refractivity contribution in [2.24, 2.45) is 5.92 Å². The molecule has 2 aromatic rings. The maximum Gasteiger partial charge on any atom is -0.0128 e. The topological polar surface area (TPSA) is 0 Å². The average molecular weight is 784 g/mol. The molecule has 0 N–H and O–H groups in total. The first-order valence-corrected chi connectivity index (χ1v) is 26.2. The molecule has 0 heterocycles. The van der Waals surface area contributed by atoms with Crippen molar-refractivity contribution >= 4 is 0 Å². The van der Waals surface area contributed by atoms with Crippen molar-refractivity contribution in [1.82, 2.24) is 0 Å². The molecule has 0 spiro atoms. The Balaban J connectivity index is 1.97. The first-order valence-electron chi connectivity index (χ1n) is 26.2. The van der Waals surface area contributed by atoms with E-state index >= 15 is 0 Å². The van der Waals surface area contributed by atoms with Crippen LogP contribution in [-0.2, 0) is 32.1 Å². The monoisotopic (exact) mass is 784 g/mol. The predicted octanol–water partition coefficient (Wildman–Crippen LogP) is 19.2. The summed E-state index contributed by atoms with van der Waals surface area (Å²) in [5.74, 6) is 1.22. The van der Waals surface area contributed by atoms with Gasteiger partial charge in [0.05, 0.1) is 0 Å². The molecule has 0 amide bonds. The first kappa shape index (κ1) is 51.6. The second-order valence-electron chi connectivity index (χ2n) is 18.6. The maximum absolute atomic E-state index is 2.88. The van der Waals surface area contributed by atoms with Crippen molar-refractivity contribution in [2.75, 3.05) is 0 Å². The quantitative estimate of drug-likeness (QED) is 0.0591. The number of hydrogen-bond donors (Lipinski definition) is 0. The molecule has 0 heteroatoms. The lowest BCUT2D eigenvalue weighted by Gasteiger charge is -2.26. The van der Waals surface area contributed by atoms with E-state index in [1.54, 1.807) is 33.4 Å². The van der Waals surface area contributed by atoms with Crippen molar-refractivity contribution in [3.8, 4) is 0 Å². The Morgan fingerprint density at radius 3 is 1.16 bits per heavy atom. The largest absolute Gasteiger partial charge is 0.0654 e. The van der Waals surface area contributed by atoms with Gasteiger partial charge in [0.2, 0.25) is 0 Å². The predicted molar refractivity (Wildman–Crippen MR) is 259 cm³/mol. The van der Waals surface area contributed by atoms with Crippen molar-refractivity contribution < 1.29 is 0 Å². The summed E-state index contributed by atoms with van der Waals surface area (Å²) < 4.78 is 0. The molecule has 57 heavy (non-hydrogen) atoms. The van der Waals surface area contributed by atoms with Gasteiger partial charge in [0.1, 0.15) is 0 Å². The molecular weight excluding hydrogens is 685 g/mol. The van der Waals surface area contributed by atoms with E-state index in [9.17, 15) is 0 Å². The number of rotatable bonds is 40. The molecule has 327 valence electrons. The van der Waals surface area contributed by atoms with Crippen LogP contribution in [0, 0.1) is 12.3 Å². The lowest BCUT2D eigenvalue weighted by Crippen LogP contribution is -2.13. The second-order valence-corrected chi connectivity index (χ2v) is 18.6. The van der Waals surface area contributed by atoms with Gasteiger partial charge in [0, 0.05) is 0 Å². The third kappa shape index (κ3) is 25.0. The van der Waals surface area contributed by atoms with Crippen molar-refractivity contribution in [3.63, 3.8) is 0 Å². The van der Waals surface area contributed by atoms with Gasteiger partial charge in [-0.15, -0.1) is 0 Å². The summed E-state index contributed by atoms with van der Waals surface area (Å²) in [4.78, 5) is 0. The van der Waals surface area contributed by atoms with Crippen LogP contribution in [0.4, 0.5) is 0 Å². The highest BCUT2D eigenvalue weighted by atomic mass is 14.3. The molecule has 0 nitrogen and oxygen atoms in total. The molecule has 0 aliphatic heterocycles. The van der Waals surface area contributed by atoms with Gasteiger partial charge in [-0.3, -0.25) is 0 Å². The van der Waals surface area contributed by atoms with E-state index in [4.69, 9.17) is 0 Å². The first-order chi connectivity index (χ1) is 28.1. The fourth-order valence-electron chi connectivity index (χ4n) is 9.61. The van der Waals surface area contributed by atoms with Crippen LogP contribution in [0.15, 0.2) is 36.4 Å². The third-order valence-corrected chi connectivity index (χ3v) is 13.1. The number of unbranched alkanes of at least 4 members (excludes halogenated alkanes) is 23. The van der Waals surface area contributed by atoms with E-state index in [0.29, 0.717) is 11.8 Å². The Kier molecular flexibility index (Phi) is 32.9. The molecule has 0 saturated heterocycles. The highest BCUT2D eigenvalue weighted by Gasteiger charge is 2.21. The van der Waals surface area contributed by atoms with Gasteiger partial charge in [-0.1, -0.05) is 264 Å². The van der Waals surface area contributed by atoms with Gasteiger partial charge < -0.3 is 0 Å². The lowest BCUT2D eigenvalue weighted by molar-refractivity contribution is 0.454. The molecule has 2 rings (SSSR count). The van der Waals surface area contributed by atoms with Gasteiger partial charge in [0.25, 0.3) is 0 Å². The Bertz CT molecular complexity index is 1170. The Hall–Kier alpha value is -1.56. The molecule has 0 fully saturated rings. The van der Waals surface area contributed by atoms with Crippen LogP contribution in [0.5, 0.6) is 0 Å². The van der Waals surface area contributed by atoms with Gasteiger partial charge in [0.15, 0.2) is 0 Å². The molecule has 0 bridgehead atoms. The normalized spacial score (nSPS) is 12.7. The summed E-state index contributed by atoms with van der Waals surface area (Å²) in [5.41, 5.74) is 9.64. The van der Waals surface area contributed by atoms with Crippen LogP contribution in [0.3, 0.4) is 0 Å². The fourth-order valence-corrected chi connectivity index (χ4v) is 9.61. The van der Waals surface area contributed by atoms with E-state index < -0.39 is 0 Å². The summed E-state index contributed by atoms with van der Waals surface area (Å²) in [6, 6.07) is 15.3. The summed E-state index contributed by atoms with van der Waals surface area (Å²) in [7, 11) is 0. The van der Waals surface area contributed by atoms with Crippen LogP contribution >= 0.6 is 0 Å². The standard InChI is InChI=1S/C57H99/c1-7-13-15-17-19-20-21-22-23-24-25-26-27-28-29-30-31-33-35-41-56(57-45-44-53(37-10-4)55(49-57)39-12-6)47-50(40-34-32-18-16-14-8-2)46-51-42-43-52(36-9-3)54(48-51)38-11-5/h42-45,47-50,56H,7-41,46H2,1-6H3. The highest BCUT2D eigenvalue weighted by Crippen LogP contribution is 2.35. The van der Waals surface area contributed by atoms with E-state index in [1.165, 1.54) is 231 Å². The van der Waals surface area contributed by atoms with E-state index in [-0.39, 0.29) is 0 Å². The minimum atomic E-state index is 0.571. The number of hydrogen-bond acceptors (Lipinski definition) is 0. The molecule has 0 aliphatic carbocycles. The van der Waals surface area contributed by atoms with Crippen LogP contribution in [0.2, 0.25) is 0 Å². The Labute approximate surface area is 359 Å². The zero-order valence-corrected chi connectivity index (χ0v) is 39.7. The van der Waals surface area contributed by atoms with Crippen LogP contribution in [0.25, 0.3) is 0 Å². The average Bonchev–Trinajstić information content (AvgIpc) is 3.21. The second kappa shape index (κ2) is 36.3. The van der Waals surface area contributed by atoms with E-state index in [0.717, 1.165) is 0 Å². The van der Waals surface area contributed by atoms with Gasteiger partial charge in [-0.05, 0) is 96.6 Å². The Morgan fingerprint density at radius 1 is 0.351 bits per heavy atom. The highest BCUT2D eigenvalue weighted by molar-refractivity contribution is 5.36. The van der Waals surface area contributed by atoms with Crippen LogP contribution in [-0.4, -0.2) is 0 Å². The fraction of sp³-hybridized carbons (Fsp3) is 0.772. The van der Waals surface area contributed by atoms with Crippen molar-refractivity contribution in [1.29, 1.82) is 0 Å². The smallest absolute Gasteiger partial charge is 0.0128 e. The molecule has 2 unspecified atom stereocenters. The van der Waals surface area contributed by atoms with E-state index in [2.05, 4.69) is 84.4 Å². The third-order valence-electron chi connectivity index (χ3n) is 13.1. The van der Waals surface area contributed by atoms with Crippen LogP contribution < -0.4 is 0 Å². The zero-order chi connectivity index (χ0) is 41.0. The molecule has 1 radical (unpaired) electrons. The summed E-state index contributed by atoms with van der Waals surface area (Å²) in [6.45, 7) is 14.0. The Morgan fingerprint density at radius 2 is 0.719 bits per heavy atom. The molecule has 0 aliphatic rings. The van der Waals surface area contributed by atoms with Gasteiger partial charge >= 0.3 is 0 Å². The summed E-state index contributed by atoms with van der Waals surface area (Å²) >= 11 is 0. The van der Waals surface area contributed by atoms with Gasteiger partial charge in [-0.25, -0.2) is 0 Å². The minimum absolute atomic E-state index is 0.571. The van der Waals surface area contributed by atoms with Gasteiger partial charge in [-0.2, -0.15) is 0 Å². The van der Waals surface area contributed by atoms with Crippen molar-refractivity contribution in [3.05, 3.63) is 76.2 Å². The SMILES string of the molecule is CCCCCCCCCCCCCCCCCCCCCC([CH]C(CCCCCCCC)Cc1ccc(CCC)c(CCC)c1)c1ccc(CCC)c(CCC)c1. The number of aryl methyl sites for hydroxylation is 4. The van der Waals surface area contributed by atoms with Crippen molar-refractivity contribution in [2.45, 2.75) is 279 Å².